The fourth-order valence-electron chi connectivity index (χ4n) is 1.92. The second-order valence-electron chi connectivity index (χ2n) is 5.06. The Morgan fingerprint density at radius 2 is 2.00 bits per heavy atom. The molecule has 1 N–H and O–H groups in total. The van der Waals surface area contributed by atoms with Gasteiger partial charge in [-0.05, 0) is 39.0 Å². The number of aliphatic hydroxyl groups is 1. The van der Waals surface area contributed by atoms with Gasteiger partial charge in [0.1, 0.15) is 0 Å². The van der Waals surface area contributed by atoms with Gasteiger partial charge in [0.05, 0.1) is 25.3 Å². The van der Waals surface area contributed by atoms with Gasteiger partial charge in [0.25, 0.3) is 0 Å². The molecule has 0 aliphatic heterocycles. The van der Waals surface area contributed by atoms with Crippen LogP contribution in [0.4, 0.5) is 0 Å². The van der Waals surface area contributed by atoms with Crippen molar-refractivity contribution in [2.45, 2.75) is 46.3 Å². The van der Waals surface area contributed by atoms with Gasteiger partial charge in [-0.15, -0.1) is 11.8 Å². The SMILES string of the molecule is C/C=C(\C)[C@H](O)[C@@H](C)[C@H](C/C=C(\C)C(=O)OC)OCSC. The van der Waals surface area contributed by atoms with Crippen LogP contribution in [-0.4, -0.2) is 42.6 Å². The summed E-state index contributed by atoms with van der Waals surface area (Å²) in [6.45, 7) is 7.49. The van der Waals surface area contributed by atoms with Crippen LogP contribution in [0.2, 0.25) is 0 Å². The molecule has 0 heterocycles. The average molecular weight is 316 g/mol. The highest BCUT2D eigenvalue weighted by Crippen LogP contribution is 2.22. The zero-order valence-corrected chi connectivity index (χ0v) is 14.7. The largest absolute Gasteiger partial charge is 0.466 e. The molecule has 0 rings (SSSR count). The Kier molecular flexibility index (Phi) is 10.5. The number of carbonyl (C=O) groups excluding carboxylic acids is 1. The van der Waals surface area contributed by atoms with Gasteiger partial charge in [0, 0.05) is 11.5 Å². The molecule has 3 atom stereocenters. The topological polar surface area (TPSA) is 55.8 Å². The van der Waals surface area contributed by atoms with Gasteiger partial charge in [0.2, 0.25) is 0 Å². The number of hydrogen-bond acceptors (Lipinski definition) is 5. The highest BCUT2D eigenvalue weighted by Gasteiger charge is 2.25. The molecule has 0 spiro atoms. The molecule has 0 unspecified atom stereocenters. The molecular formula is C16H28O4S. The number of hydrogen-bond donors (Lipinski definition) is 1. The molecule has 0 fully saturated rings. The van der Waals surface area contributed by atoms with Crippen LogP contribution in [0.1, 0.15) is 34.1 Å². The Labute approximate surface area is 132 Å². The van der Waals surface area contributed by atoms with Gasteiger partial charge >= 0.3 is 5.97 Å². The zero-order chi connectivity index (χ0) is 16.4. The molecule has 0 aromatic rings. The average Bonchev–Trinajstić information content (AvgIpc) is 2.51. The van der Waals surface area contributed by atoms with Crippen LogP contribution in [0, 0.1) is 5.92 Å². The lowest BCUT2D eigenvalue weighted by Crippen LogP contribution is -2.32. The van der Waals surface area contributed by atoms with Gasteiger partial charge in [-0.1, -0.05) is 19.1 Å². The third kappa shape index (κ3) is 7.16. The summed E-state index contributed by atoms with van der Waals surface area (Å²) in [4.78, 5) is 11.4. The number of ether oxygens (including phenoxy) is 2. The van der Waals surface area contributed by atoms with Crippen LogP contribution >= 0.6 is 11.8 Å². The molecule has 0 saturated carbocycles. The first-order valence-corrected chi connectivity index (χ1v) is 8.44. The summed E-state index contributed by atoms with van der Waals surface area (Å²) in [6, 6.07) is 0. The molecule has 21 heavy (non-hydrogen) atoms. The van der Waals surface area contributed by atoms with E-state index in [1.807, 2.05) is 39.2 Å². The maximum atomic E-state index is 11.4. The van der Waals surface area contributed by atoms with E-state index >= 15 is 0 Å². The standard InChI is InChI=1S/C16H28O4S/c1-7-11(2)15(17)13(4)14(20-10-21-6)9-8-12(3)16(18)19-5/h7-8,13-15,17H,9-10H2,1-6H3/b11-7+,12-8+/t13-,14-,15-/m0/s1. The predicted molar refractivity (Wildman–Crippen MR) is 88.2 cm³/mol. The van der Waals surface area contributed by atoms with E-state index in [0.29, 0.717) is 17.9 Å². The Morgan fingerprint density at radius 1 is 1.38 bits per heavy atom. The molecular weight excluding hydrogens is 288 g/mol. The monoisotopic (exact) mass is 316 g/mol. The summed E-state index contributed by atoms with van der Waals surface area (Å²) in [5.41, 5.74) is 1.48. The van der Waals surface area contributed by atoms with E-state index in [9.17, 15) is 9.90 Å². The normalized spacial score (nSPS) is 17.3. The number of methoxy groups -OCH3 is 1. The number of aliphatic hydroxyl groups excluding tert-OH is 1. The summed E-state index contributed by atoms with van der Waals surface area (Å²) in [6.07, 6.45) is 5.55. The quantitative estimate of drug-likeness (QED) is 0.306. The lowest BCUT2D eigenvalue weighted by molar-refractivity contribution is -0.136. The van der Waals surface area contributed by atoms with Crippen molar-refractivity contribution in [3.8, 4) is 0 Å². The van der Waals surface area contributed by atoms with E-state index in [4.69, 9.17) is 4.74 Å². The summed E-state index contributed by atoms with van der Waals surface area (Å²) < 4.78 is 10.5. The molecule has 5 heteroatoms. The fraction of sp³-hybridized carbons (Fsp3) is 0.688. The van der Waals surface area contributed by atoms with Gasteiger partial charge in [0.15, 0.2) is 0 Å². The number of allylic oxidation sites excluding steroid dienone is 1. The van der Waals surface area contributed by atoms with Crippen molar-refractivity contribution >= 4 is 17.7 Å². The molecule has 0 amide bonds. The van der Waals surface area contributed by atoms with Gasteiger partial charge in [-0.3, -0.25) is 0 Å². The van der Waals surface area contributed by atoms with Crippen LogP contribution in [0.25, 0.3) is 0 Å². The second-order valence-corrected chi connectivity index (χ2v) is 5.88. The highest BCUT2D eigenvalue weighted by molar-refractivity contribution is 7.98. The van der Waals surface area contributed by atoms with Crippen molar-refractivity contribution in [1.82, 2.24) is 0 Å². The molecule has 4 nitrogen and oxygen atoms in total. The molecule has 0 radical (unpaired) electrons. The Hall–Kier alpha value is -0.780. The molecule has 0 aromatic heterocycles. The smallest absolute Gasteiger partial charge is 0.333 e. The number of thioether (sulfide) groups is 1. The zero-order valence-electron chi connectivity index (χ0n) is 13.9. The summed E-state index contributed by atoms with van der Waals surface area (Å²) in [5, 5.41) is 10.3. The van der Waals surface area contributed by atoms with E-state index in [-0.39, 0.29) is 18.0 Å². The fourth-order valence-corrected chi connectivity index (χ4v) is 2.23. The maximum absolute atomic E-state index is 11.4. The molecule has 122 valence electrons. The Morgan fingerprint density at radius 3 is 2.48 bits per heavy atom. The van der Waals surface area contributed by atoms with Crippen LogP contribution in [0.3, 0.4) is 0 Å². The van der Waals surface area contributed by atoms with E-state index in [1.54, 1.807) is 18.7 Å². The maximum Gasteiger partial charge on any atom is 0.333 e. The van der Waals surface area contributed by atoms with Crippen molar-refractivity contribution in [2.24, 2.45) is 5.92 Å². The van der Waals surface area contributed by atoms with E-state index in [2.05, 4.69) is 4.74 Å². The second kappa shape index (κ2) is 10.9. The first-order chi connectivity index (χ1) is 9.88. The van der Waals surface area contributed by atoms with Crippen LogP contribution < -0.4 is 0 Å². The molecule has 0 aliphatic carbocycles. The Balaban J connectivity index is 4.90. The first-order valence-electron chi connectivity index (χ1n) is 7.05. The first kappa shape index (κ1) is 20.2. The minimum atomic E-state index is -0.548. The van der Waals surface area contributed by atoms with Crippen molar-refractivity contribution in [2.75, 3.05) is 19.3 Å². The van der Waals surface area contributed by atoms with Crippen LogP contribution in [-0.2, 0) is 14.3 Å². The minimum absolute atomic E-state index is 0.0601. The number of esters is 1. The molecule has 0 bridgehead atoms. The van der Waals surface area contributed by atoms with Crippen molar-refractivity contribution in [3.05, 3.63) is 23.3 Å². The van der Waals surface area contributed by atoms with E-state index in [1.165, 1.54) is 7.11 Å². The van der Waals surface area contributed by atoms with Gasteiger partial charge in [-0.2, -0.15) is 0 Å². The van der Waals surface area contributed by atoms with E-state index in [0.717, 1.165) is 5.57 Å². The van der Waals surface area contributed by atoms with Crippen LogP contribution in [0.15, 0.2) is 23.3 Å². The summed E-state index contributed by atoms with van der Waals surface area (Å²) >= 11 is 1.59. The third-order valence-corrected chi connectivity index (χ3v) is 3.94. The Bertz CT molecular complexity index is 376. The van der Waals surface area contributed by atoms with E-state index < -0.39 is 6.10 Å². The van der Waals surface area contributed by atoms with Crippen LogP contribution in [0.5, 0.6) is 0 Å². The van der Waals surface area contributed by atoms with Crippen molar-refractivity contribution in [1.29, 1.82) is 0 Å². The summed E-state index contributed by atoms with van der Waals surface area (Å²) in [5.74, 6) is 0.161. The lowest BCUT2D eigenvalue weighted by atomic mass is 9.90. The summed E-state index contributed by atoms with van der Waals surface area (Å²) in [7, 11) is 1.36. The highest BCUT2D eigenvalue weighted by atomic mass is 32.2. The minimum Gasteiger partial charge on any atom is -0.466 e. The number of rotatable bonds is 9. The lowest BCUT2D eigenvalue weighted by Gasteiger charge is -2.28. The van der Waals surface area contributed by atoms with Gasteiger partial charge < -0.3 is 14.6 Å². The molecule has 0 aromatic carbocycles. The predicted octanol–water partition coefficient (Wildman–Crippen LogP) is 3.16. The molecule has 0 aliphatic rings. The van der Waals surface area contributed by atoms with Gasteiger partial charge in [-0.25, -0.2) is 4.79 Å². The number of carbonyl (C=O) groups is 1. The van der Waals surface area contributed by atoms with Crippen molar-refractivity contribution < 1.29 is 19.4 Å². The molecule has 0 saturated heterocycles. The van der Waals surface area contributed by atoms with Crippen molar-refractivity contribution in [3.63, 3.8) is 0 Å². The third-order valence-electron chi connectivity index (χ3n) is 3.57.